The van der Waals surface area contributed by atoms with Gasteiger partial charge in [-0.15, -0.1) is 0 Å². The molecule has 0 rings (SSSR count). The maximum atomic E-state index is 10.7. The van der Waals surface area contributed by atoms with Crippen molar-refractivity contribution >= 4 is 6.09 Å². The summed E-state index contributed by atoms with van der Waals surface area (Å²) in [7, 11) is 3.98. The molecule has 0 radical (unpaired) electrons. The van der Waals surface area contributed by atoms with Crippen LogP contribution in [0.4, 0.5) is 4.79 Å². The number of hydrogen-bond acceptors (Lipinski definition) is 3. The molecule has 4 heteroatoms. The molecule has 0 spiro atoms. The largest absolute Gasteiger partial charge is 0.450 e. The van der Waals surface area contributed by atoms with Crippen molar-refractivity contribution in [1.29, 1.82) is 0 Å². The van der Waals surface area contributed by atoms with Gasteiger partial charge in [0, 0.05) is 13.1 Å². The third-order valence-corrected chi connectivity index (χ3v) is 1.30. The summed E-state index contributed by atoms with van der Waals surface area (Å²) in [4.78, 5) is 12.8. The minimum absolute atomic E-state index is 0.323. The standard InChI is InChI=1S/C8H18N2O2/c1-4-9-8(11)12-7-5-6-10(2)3/h4-7H2,1-3H3,(H,9,11). The Hall–Kier alpha value is -0.770. The zero-order valence-corrected chi connectivity index (χ0v) is 8.09. The number of alkyl carbamates (subject to hydrolysis) is 1. The van der Waals surface area contributed by atoms with Gasteiger partial charge in [0.05, 0.1) is 6.61 Å². The zero-order chi connectivity index (χ0) is 9.40. The van der Waals surface area contributed by atoms with Crippen LogP contribution in [0.25, 0.3) is 0 Å². The van der Waals surface area contributed by atoms with E-state index in [-0.39, 0.29) is 6.09 Å². The van der Waals surface area contributed by atoms with Crippen LogP contribution in [-0.2, 0) is 4.74 Å². The van der Waals surface area contributed by atoms with E-state index >= 15 is 0 Å². The Labute approximate surface area is 73.9 Å². The molecule has 0 aromatic carbocycles. The Kier molecular flexibility index (Phi) is 6.47. The molecule has 1 N–H and O–H groups in total. The quantitative estimate of drug-likeness (QED) is 0.623. The lowest BCUT2D eigenvalue weighted by Gasteiger charge is -2.09. The first kappa shape index (κ1) is 11.2. The number of ether oxygens (including phenoxy) is 1. The minimum Gasteiger partial charge on any atom is -0.450 e. The van der Waals surface area contributed by atoms with Gasteiger partial charge < -0.3 is 15.0 Å². The Balaban J connectivity index is 3.14. The van der Waals surface area contributed by atoms with Gasteiger partial charge in [-0.05, 0) is 27.4 Å². The topological polar surface area (TPSA) is 41.6 Å². The highest BCUT2D eigenvalue weighted by Crippen LogP contribution is 1.85. The van der Waals surface area contributed by atoms with E-state index in [1.165, 1.54) is 0 Å². The Morgan fingerprint density at radius 1 is 1.50 bits per heavy atom. The average molecular weight is 174 g/mol. The predicted octanol–water partition coefficient (Wildman–Crippen LogP) is 0.684. The SMILES string of the molecule is CCNC(=O)OCCCN(C)C. The molecule has 12 heavy (non-hydrogen) atoms. The van der Waals surface area contributed by atoms with Gasteiger partial charge in [-0.2, -0.15) is 0 Å². The molecule has 0 heterocycles. The van der Waals surface area contributed by atoms with E-state index < -0.39 is 0 Å². The highest BCUT2D eigenvalue weighted by molar-refractivity contribution is 5.66. The van der Waals surface area contributed by atoms with Crippen molar-refractivity contribution in [3.8, 4) is 0 Å². The second-order valence-electron chi connectivity index (χ2n) is 2.82. The number of nitrogens with zero attached hydrogens (tertiary/aromatic N) is 1. The second kappa shape index (κ2) is 6.91. The third-order valence-electron chi connectivity index (χ3n) is 1.30. The van der Waals surface area contributed by atoms with E-state index in [0.717, 1.165) is 13.0 Å². The summed E-state index contributed by atoms with van der Waals surface area (Å²) in [5, 5.41) is 2.56. The van der Waals surface area contributed by atoms with E-state index in [4.69, 9.17) is 4.74 Å². The summed E-state index contributed by atoms with van der Waals surface area (Å²) in [6.07, 6.45) is 0.556. The summed E-state index contributed by atoms with van der Waals surface area (Å²) >= 11 is 0. The van der Waals surface area contributed by atoms with Crippen LogP contribution in [0.5, 0.6) is 0 Å². The number of carbonyl (C=O) groups is 1. The molecule has 0 aromatic rings. The lowest BCUT2D eigenvalue weighted by Crippen LogP contribution is -2.25. The van der Waals surface area contributed by atoms with Crippen LogP contribution in [0.1, 0.15) is 13.3 Å². The third kappa shape index (κ3) is 7.34. The average Bonchev–Trinajstić information content (AvgIpc) is 1.98. The first-order valence-electron chi connectivity index (χ1n) is 4.22. The van der Waals surface area contributed by atoms with Crippen molar-refractivity contribution in [1.82, 2.24) is 10.2 Å². The lowest BCUT2D eigenvalue weighted by molar-refractivity contribution is 0.142. The maximum Gasteiger partial charge on any atom is 0.407 e. The molecule has 0 unspecified atom stereocenters. The Morgan fingerprint density at radius 3 is 2.67 bits per heavy atom. The van der Waals surface area contributed by atoms with E-state index in [0.29, 0.717) is 13.2 Å². The Morgan fingerprint density at radius 2 is 2.17 bits per heavy atom. The first-order valence-corrected chi connectivity index (χ1v) is 4.22. The fourth-order valence-electron chi connectivity index (χ4n) is 0.741. The van der Waals surface area contributed by atoms with Crippen molar-refractivity contribution in [3.63, 3.8) is 0 Å². The molecule has 0 aliphatic heterocycles. The normalized spacial score (nSPS) is 10.0. The van der Waals surface area contributed by atoms with E-state index in [1.807, 2.05) is 21.0 Å². The highest BCUT2D eigenvalue weighted by Gasteiger charge is 1.98. The molecule has 0 saturated carbocycles. The molecule has 0 bridgehead atoms. The number of amides is 1. The van der Waals surface area contributed by atoms with Crippen LogP contribution in [0.15, 0.2) is 0 Å². The summed E-state index contributed by atoms with van der Waals surface area (Å²) in [5.74, 6) is 0. The molecule has 0 atom stereocenters. The smallest absolute Gasteiger partial charge is 0.407 e. The van der Waals surface area contributed by atoms with Crippen LogP contribution in [0.2, 0.25) is 0 Å². The van der Waals surface area contributed by atoms with Gasteiger partial charge in [0.15, 0.2) is 0 Å². The van der Waals surface area contributed by atoms with Crippen LogP contribution in [0, 0.1) is 0 Å². The highest BCUT2D eigenvalue weighted by atomic mass is 16.5. The predicted molar refractivity (Wildman–Crippen MR) is 48.2 cm³/mol. The molecule has 72 valence electrons. The summed E-state index contributed by atoms with van der Waals surface area (Å²) in [6.45, 7) is 3.91. The lowest BCUT2D eigenvalue weighted by atomic mass is 10.4. The van der Waals surface area contributed by atoms with E-state index in [1.54, 1.807) is 0 Å². The summed E-state index contributed by atoms with van der Waals surface area (Å²) in [5.41, 5.74) is 0. The molecule has 0 aromatic heterocycles. The maximum absolute atomic E-state index is 10.7. The minimum atomic E-state index is -0.323. The molecular weight excluding hydrogens is 156 g/mol. The fourth-order valence-corrected chi connectivity index (χ4v) is 0.741. The van der Waals surface area contributed by atoms with Crippen molar-refractivity contribution in [3.05, 3.63) is 0 Å². The molecule has 0 aliphatic rings. The van der Waals surface area contributed by atoms with Crippen LogP contribution >= 0.6 is 0 Å². The molecule has 0 saturated heterocycles. The molecule has 4 nitrogen and oxygen atoms in total. The van der Waals surface area contributed by atoms with Gasteiger partial charge in [-0.3, -0.25) is 0 Å². The van der Waals surface area contributed by atoms with E-state index in [2.05, 4.69) is 10.2 Å². The number of carbonyl (C=O) groups excluding carboxylic acids is 1. The molecular formula is C8H18N2O2. The van der Waals surface area contributed by atoms with Gasteiger partial charge in [-0.25, -0.2) is 4.79 Å². The number of rotatable bonds is 5. The van der Waals surface area contributed by atoms with E-state index in [9.17, 15) is 4.79 Å². The first-order chi connectivity index (χ1) is 5.66. The van der Waals surface area contributed by atoms with Gasteiger partial charge >= 0.3 is 6.09 Å². The summed E-state index contributed by atoms with van der Waals surface area (Å²) < 4.78 is 4.86. The van der Waals surface area contributed by atoms with Crippen molar-refractivity contribution < 1.29 is 9.53 Å². The zero-order valence-electron chi connectivity index (χ0n) is 8.09. The molecule has 0 aliphatic carbocycles. The molecule has 1 amide bonds. The van der Waals surface area contributed by atoms with Crippen LogP contribution < -0.4 is 5.32 Å². The number of nitrogens with one attached hydrogen (secondary N) is 1. The number of hydrogen-bond donors (Lipinski definition) is 1. The van der Waals surface area contributed by atoms with Gasteiger partial charge in [0.2, 0.25) is 0 Å². The van der Waals surface area contributed by atoms with Crippen LogP contribution in [-0.4, -0.2) is 44.8 Å². The van der Waals surface area contributed by atoms with Crippen molar-refractivity contribution in [2.75, 3.05) is 33.8 Å². The second-order valence-corrected chi connectivity index (χ2v) is 2.82. The van der Waals surface area contributed by atoms with Gasteiger partial charge in [0.1, 0.15) is 0 Å². The molecule has 0 fully saturated rings. The van der Waals surface area contributed by atoms with Gasteiger partial charge in [-0.1, -0.05) is 0 Å². The monoisotopic (exact) mass is 174 g/mol. The van der Waals surface area contributed by atoms with Crippen molar-refractivity contribution in [2.45, 2.75) is 13.3 Å². The van der Waals surface area contributed by atoms with Crippen molar-refractivity contribution in [2.24, 2.45) is 0 Å². The Bertz CT molecular complexity index is 126. The van der Waals surface area contributed by atoms with Gasteiger partial charge in [0.25, 0.3) is 0 Å². The fraction of sp³-hybridized carbons (Fsp3) is 0.875. The van der Waals surface area contributed by atoms with Crippen LogP contribution in [0.3, 0.4) is 0 Å². The summed E-state index contributed by atoms with van der Waals surface area (Å²) in [6, 6.07) is 0.